The van der Waals surface area contributed by atoms with Gasteiger partial charge in [0.15, 0.2) is 0 Å². The highest BCUT2D eigenvalue weighted by Crippen LogP contribution is 2.30. The zero-order valence-corrected chi connectivity index (χ0v) is 20.8. The number of aromatic nitrogens is 1. The zero-order chi connectivity index (χ0) is 23.0. The van der Waals surface area contributed by atoms with Crippen LogP contribution in [0.1, 0.15) is 24.8 Å². The fourth-order valence-corrected chi connectivity index (χ4v) is 6.10. The third-order valence-corrected chi connectivity index (χ3v) is 7.95. The third-order valence-electron chi connectivity index (χ3n) is 6.74. The van der Waals surface area contributed by atoms with Crippen molar-refractivity contribution >= 4 is 34.3 Å². The summed E-state index contributed by atoms with van der Waals surface area (Å²) in [6.45, 7) is 3.43. The first kappa shape index (κ1) is 24.3. The predicted molar refractivity (Wildman–Crippen MR) is 139 cm³/mol. The minimum Gasteiger partial charge on any atom is -0.497 e. The number of piperidine rings is 1. The van der Waals surface area contributed by atoms with Gasteiger partial charge in [-0.1, -0.05) is 17.7 Å². The molecule has 1 aliphatic rings. The molecule has 4 nitrogen and oxygen atoms in total. The van der Waals surface area contributed by atoms with E-state index in [4.69, 9.17) is 16.3 Å². The van der Waals surface area contributed by atoms with E-state index < -0.39 is 0 Å². The molecule has 1 saturated heterocycles. The van der Waals surface area contributed by atoms with Gasteiger partial charge in [-0.2, -0.15) is 0 Å². The molecule has 1 fully saturated rings. The maximum absolute atomic E-state index is 10.1. The number of nitrogens with zero attached hydrogens (tertiary/aromatic N) is 2. The van der Waals surface area contributed by atoms with Crippen molar-refractivity contribution in [2.75, 3.05) is 39.1 Å². The molecule has 6 heteroatoms. The molecule has 3 aromatic rings. The van der Waals surface area contributed by atoms with E-state index in [1.165, 1.54) is 15.8 Å². The molecule has 2 atom stereocenters. The minimum atomic E-state index is 0.276. The standard InChI is InChI=1S/C27H33ClN2O2S/c1-32-24-8-9-27-26(17-24)21(10-12-29-27)5-2-4-20-11-13-30(18-22(20)19-31)14-15-33-25-7-3-6-23(28)16-25/h3,6-10,12,16-17,20,22,31H,2,4-5,11,13-15,18-19H2,1H3/t20-,22-/m1/s1. The molecule has 2 aromatic carbocycles. The van der Waals surface area contributed by atoms with Gasteiger partial charge in [0.05, 0.1) is 12.6 Å². The van der Waals surface area contributed by atoms with Crippen molar-refractivity contribution in [2.24, 2.45) is 11.8 Å². The summed E-state index contributed by atoms with van der Waals surface area (Å²) in [6, 6.07) is 16.3. The Hall–Kier alpha value is -1.79. The molecule has 0 saturated carbocycles. The van der Waals surface area contributed by atoms with Gasteiger partial charge in [0, 0.05) is 47.0 Å². The number of benzene rings is 2. The lowest BCUT2D eigenvalue weighted by Crippen LogP contribution is -2.42. The summed E-state index contributed by atoms with van der Waals surface area (Å²) in [5.41, 5.74) is 2.35. The number of methoxy groups -OCH3 is 1. The van der Waals surface area contributed by atoms with E-state index in [0.717, 1.165) is 67.4 Å². The van der Waals surface area contributed by atoms with Gasteiger partial charge < -0.3 is 14.7 Å². The van der Waals surface area contributed by atoms with Crippen LogP contribution >= 0.6 is 23.4 Å². The monoisotopic (exact) mass is 484 g/mol. The molecule has 176 valence electrons. The highest BCUT2D eigenvalue weighted by atomic mass is 35.5. The Bertz CT molecular complexity index is 1050. The number of aryl methyl sites for hydroxylation is 1. The summed E-state index contributed by atoms with van der Waals surface area (Å²) < 4.78 is 5.41. The summed E-state index contributed by atoms with van der Waals surface area (Å²) in [5, 5.41) is 12.0. The van der Waals surface area contributed by atoms with E-state index in [0.29, 0.717) is 11.8 Å². The first-order valence-electron chi connectivity index (χ1n) is 11.8. The first-order chi connectivity index (χ1) is 16.2. The Morgan fingerprint density at radius 2 is 2.09 bits per heavy atom. The topological polar surface area (TPSA) is 45.6 Å². The fraction of sp³-hybridized carbons (Fsp3) is 0.444. The third kappa shape index (κ3) is 6.63. The molecule has 1 aromatic heterocycles. The van der Waals surface area contributed by atoms with Gasteiger partial charge in [0.2, 0.25) is 0 Å². The summed E-state index contributed by atoms with van der Waals surface area (Å²) in [4.78, 5) is 8.23. The van der Waals surface area contributed by atoms with E-state index in [-0.39, 0.29) is 6.61 Å². The van der Waals surface area contributed by atoms with Crippen LogP contribution in [0.3, 0.4) is 0 Å². The Morgan fingerprint density at radius 1 is 1.18 bits per heavy atom. The number of aliphatic hydroxyl groups excluding tert-OH is 1. The van der Waals surface area contributed by atoms with Crippen LogP contribution in [-0.4, -0.2) is 54.1 Å². The fourth-order valence-electron chi connectivity index (χ4n) is 4.88. The molecule has 2 heterocycles. The number of ether oxygens (including phenoxy) is 1. The van der Waals surface area contributed by atoms with E-state index in [2.05, 4.69) is 28.1 Å². The van der Waals surface area contributed by atoms with Crippen LogP contribution in [0.15, 0.2) is 59.6 Å². The summed E-state index contributed by atoms with van der Waals surface area (Å²) in [7, 11) is 1.70. The van der Waals surface area contributed by atoms with Gasteiger partial charge in [-0.25, -0.2) is 0 Å². The van der Waals surface area contributed by atoms with Gasteiger partial charge in [0.1, 0.15) is 5.75 Å². The van der Waals surface area contributed by atoms with Crippen LogP contribution < -0.4 is 4.74 Å². The molecule has 1 aliphatic heterocycles. The molecular formula is C27H33ClN2O2S. The molecule has 0 spiro atoms. The van der Waals surface area contributed by atoms with E-state index in [1.807, 2.05) is 48.3 Å². The molecule has 1 N–H and O–H groups in total. The summed E-state index contributed by atoms with van der Waals surface area (Å²) in [5.74, 6) is 2.87. The van der Waals surface area contributed by atoms with Crippen molar-refractivity contribution in [1.29, 1.82) is 0 Å². The smallest absolute Gasteiger partial charge is 0.119 e. The van der Waals surface area contributed by atoms with Gasteiger partial charge in [-0.3, -0.25) is 4.98 Å². The normalized spacial score (nSPS) is 19.1. The lowest BCUT2D eigenvalue weighted by molar-refractivity contribution is 0.0710. The summed E-state index contributed by atoms with van der Waals surface area (Å²) >= 11 is 7.94. The van der Waals surface area contributed by atoms with Crippen molar-refractivity contribution in [3.05, 3.63) is 65.3 Å². The van der Waals surface area contributed by atoms with Crippen LogP contribution in [0, 0.1) is 11.8 Å². The Kier molecular flexibility index (Phi) is 8.90. The molecule has 33 heavy (non-hydrogen) atoms. The number of rotatable bonds is 10. The molecular weight excluding hydrogens is 452 g/mol. The SMILES string of the molecule is COc1ccc2nccc(CCC[C@@H]3CCN(CCSc4cccc(Cl)c4)C[C@@H]3CO)c2c1. The van der Waals surface area contributed by atoms with Crippen molar-refractivity contribution in [3.8, 4) is 5.75 Å². The number of likely N-dealkylation sites (tertiary alicyclic amines) is 1. The highest BCUT2D eigenvalue weighted by Gasteiger charge is 2.28. The van der Waals surface area contributed by atoms with Crippen LogP contribution in [0.4, 0.5) is 0 Å². The van der Waals surface area contributed by atoms with Gasteiger partial charge in [-0.05, 0) is 92.1 Å². The van der Waals surface area contributed by atoms with E-state index >= 15 is 0 Å². The minimum absolute atomic E-state index is 0.276. The summed E-state index contributed by atoms with van der Waals surface area (Å²) in [6.07, 6.45) is 6.38. The maximum atomic E-state index is 10.1. The molecule has 0 unspecified atom stereocenters. The number of thioether (sulfide) groups is 1. The lowest BCUT2D eigenvalue weighted by Gasteiger charge is -2.38. The van der Waals surface area contributed by atoms with Crippen LogP contribution in [0.2, 0.25) is 5.02 Å². The first-order valence-corrected chi connectivity index (χ1v) is 13.2. The largest absolute Gasteiger partial charge is 0.497 e. The molecule has 4 rings (SSSR count). The maximum Gasteiger partial charge on any atom is 0.119 e. The number of pyridine rings is 1. The Labute approximate surface area is 206 Å². The second-order valence-electron chi connectivity index (χ2n) is 8.84. The van der Waals surface area contributed by atoms with Crippen LogP contribution in [0.5, 0.6) is 5.75 Å². The molecule has 0 radical (unpaired) electrons. The molecule has 0 bridgehead atoms. The van der Waals surface area contributed by atoms with Gasteiger partial charge in [0.25, 0.3) is 0 Å². The number of aliphatic hydroxyl groups is 1. The zero-order valence-electron chi connectivity index (χ0n) is 19.3. The van der Waals surface area contributed by atoms with Gasteiger partial charge >= 0.3 is 0 Å². The van der Waals surface area contributed by atoms with Crippen LogP contribution in [-0.2, 0) is 6.42 Å². The Morgan fingerprint density at radius 3 is 2.91 bits per heavy atom. The number of halogens is 1. The molecule has 0 aliphatic carbocycles. The lowest BCUT2D eigenvalue weighted by atomic mass is 9.82. The Balaban J connectivity index is 1.25. The quantitative estimate of drug-likeness (QED) is 0.361. The number of hydrogen-bond donors (Lipinski definition) is 1. The van der Waals surface area contributed by atoms with Crippen LogP contribution in [0.25, 0.3) is 10.9 Å². The highest BCUT2D eigenvalue weighted by molar-refractivity contribution is 7.99. The predicted octanol–water partition coefficient (Wildman–Crippen LogP) is 5.94. The van der Waals surface area contributed by atoms with Crippen molar-refractivity contribution in [3.63, 3.8) is 0 Å². The van der Waals surface area contributed by atoms with Gasteiger partial charge in [-0.15, -0.1) is 11.8 Å². The van der Waals surface area contributed by atoms with Crippen molar-refractivity contribution < 1.29 is 9.84 Å². The molecule has 0 amide bonds. The average molecular weight is 485 g/mol. The number of fused-ring (bicyclic) bond motifs is 1. The van der Waals surface area contributed by atoms with E-state index in [1.54, 1.807) is 7.11 Å². The second-order valence-corrected chi connectivity index (χ2v) is 10.4. The average Bonchev–Trinajstić information content (AvgIpc) is 2.84. The van der Waals surface area contributed by atoms with Crippen molar-refractivity contribution in [2.45, 2.75) is 30.6 Å². The number of hydrogen-bond acceptors (Lipinski definition) is 5. The van der Waals surface area contributed by atoms with Crippen molar-refractivity contribution in [1.82, 2.24) is 9.88 Å². The second kappa shape index (κ2) is 12.1. The van der Waals surface area contributed by atoms with E-state index in [9.17, 15) is 5.11 Å².